The molecule has 8 heteroatoms. The molecule has 1 aromatic carbocycles. The van der Waals surface area contributed by atoms with Crippen molar-refractivity contribution in [1.29, 1.82) is 0 Å². The predicted molar refractivity (Wildman–Crippen MR) is 66.9 cm³/mol. The number of tetrazole rings is 1. The maximum atomic E-state index is 12.8. The zero-order chi connectivity index (χ0) is 14.6. The Hall–Kier alpha value is -2.12. The summed E-state index contributed by atoms with van der Waals surface area (Å²) in [5, 5.41) is 13.8. The Morgan fingerprint density at radius 3 is 2.70 bits per heavy atom. The van der Waals surface area contributed by atoms with Crippen LogP contribution in [0.2, 0.25) is 0 Å². The molecule has 2 rings (SSSR count). The number of benzene rings is 1. The van der Waals surface area contributed by atoms with Crippen molar-refractivity contribution in [1.82, 2.24) is 20.2 Å². The molecule has 0 unspecified atom stereocenters. The molecule has 5 nitrogen and oxygen atoms in total. The molecule has 0 saturated carbocycles. The average molecular weight is 285 g/mol. The third-order valence-corrected chi connectivity index (χ3v) is 2.73. The van der Waals surface area contributed by atoms with Gasteiger partial charge in [-0.2, -0.15) is 13.2 Å². The summed E-state index contributed by atoms with van der Waals surface area (Å²) in [7, 11) is 0. The molecule has 20 heavy (non-hydrogen) atoms. The number of nitrogens with one attached hydrogen (secondary N) is 1. The minimum absolute atomic E-state index is 0.0137. The van der Waals surface area contributed by atoms with Gasteiger partial charge in [0.05, 0.1) is 5.56 Å². The van der Waals surface area contributed by atoms with Crippen molar-refractivity contribution in [2.24, 2.45) is 0 Å². The van der Waals surface area contributed by atoms with Crippen molar-refractivity contribution in [3.63, 3.8) is 0 Å². The highest BCUT2D eigenvalue weighted by atomic mass is 19.4. The average Bonchev–Trinajstić information content (AvgIpc) is 2.83. The van der Waals surface area contributed by atoms with E-state index in [-0.39, 0.29) is 12.1 Å². The first kappa shape index (κ1) is 14.3. The Bertz CT molecular complexity index is 564. The second-order valence-corrected chi connectivity index (χ2v) is 4.23. The van der Waals surface area contributed by atoms with Crippen molar-refractivity contribution >= 4 is 5.95 Å². The van der Waals surface area contributed by atoms with Crippen LogP contribution in [-0.4, -0.2) is 20.2 Å². The highest BCUT2D eigenvalue weighted by Gasteiger charge is 2.32. The zero-order valence-corrected chi connectivity index (χ0v) is 10.9. The van der Waals surface area contributed by atoms with Crippen molar-refractivity contribution in [2.75, 3.05) is 5.32 Å². The summed E-state index contributed by atoms with van der Waals surface area (Å²) in [5.41, 5.74) is -0.493. The van der Waals surface area contributed by atoms with Crippen molar-refractivity contribution in [2.45, 2.75) is 32.6 Å². The predicted octanol–water partition coefficient (Wildman–Crippen LogP) is 2.71. The van der Waals surface area contributed by atoms with E-state index in [1.165, 1.54) is 16.8 Å². The van der Waals surface area contributed by atoms with E-state index in [4.69, 9.17) is 0 Å². The number of alkyl halides is 3. The third-order valence-electron chi connectivity index (χ3n) is 2.73. The van der Waals surface area contributed by atoms with E-state index >= 15 is 0 Å². The lowest BCUT2D eigenvalue weighted by atomic mass is 10.1. The molecule has 0 bridgehead atoms. The molecular formula is C12H14F3N5. The second kappa shape index (κ2) is 5.89. The molecule has 0 fully saturated rings. The van der Waals surface area contributed by atoms with E-state index in [1.54, 1.807) is 6.07 Å². The van der Waals surface area contributed by atoms with Crippen molar-refractivity contribution < 1.29 is 13.2 Å². The van der Waals surface area contributed by atoms with Gasteiger partial charge in [-0.05, 0) is 28.5 Å². The summed E-state index contributed by atoms with van der Waals surface area (Å²) in [6, 6.07) is 5.44. The number of hydrogen-bond acceptors (Lipinski definition) is 4. The van der Waals surface area contributed by atoms with Crippen LogP contribution in [0, 0.1) is 0 Å². The van der Waals surface area contributed by atoms with E-state index in [0.29, 0.717) is 12.5 Å². The summed E-state index contributed by atoms with van der Waals surface area (Å²) >= 11 is 0. The van der Waals surface area contributed by atoms with E-state index in [2.05, 4.69) is 20.8 Å². The molecule has 0 aliphatic carbocycles. The van der Waals surface area contributed by atoms with Gasteiger partial charge in [0.2, 0.25) is 5.95 Å². The Labute approximate surface area is 113 Å². The Morgan fingerprint density at radius 1 is 1.25 bits per heavy atom. The molecule has 0 aliphatic rings. The normalized spacial score (nSPS) is 11.6. The molecule has 0 atom stereocenters. The lowest BCUT2D eigenvalue weighted by Gasteiger charge is -2.13. The molecule has 0 aliphatic heterocycles. The monoisotopic (exact) mass is 285 g/mol. The fraction of sp³-hybridized carbons (Fsp3) is 0.417. The van der Waals surface area contributed by atoms with Gasteiger partial charge in [0.15, 0.2) is 0 Å². The van der Waals surface area contributed by atoms with Crippen molar-refractivity contribution in [3.8, 4) is 0 Å². The molecule has 1 aromatic heterocycles. The first-order chi connectivity index (χ1) is 9.52. The molecule has 1 N–H and O–H groups in total. The SMILES string of the molecule is CCCn1nnnc1NCc1ccccc1C(F)(F)F. The third kappa shape index (κ3) is 3.25. The zero-order valence-electron chi connectivity index (χ0n) is 10.9. The quantitative estimate of drug-likeness (QED) is 0.917. The number of aromatic nitrogens is 4. The smallest absolute Gasteiger partial charge is 0.349 e. The Morgan fingerprint density at radius 2 is 2.00 bits per heavy atom. The first-order valence-corrected chi connectivity index (χ1v) is 6.17. The fourth-order valence-corrected chi connectivity index (χ4v) is 1.82. The van der Waals surface area contributed by atoms with E-state index < -0.39 is 11.7 Å². The minimum Gasteiger partial charge on any atom is -0.349 e. The van der Waals surface area contributed by atoms with Gasteiger partial charge in [-0.1, -0.05) is 30.2 Å². The number of halogens is 3. The van der Waals surface area contributed by atoms with Crippen LogP contribution in [0.4, 0.5) is 19.1 Å². The molecule has 0 saturated heterocycles. The molecule has 2 aromatic rings. The molecular weight excluding hydrogens is 271 g/mol. The topological polar surface area (TPSA) is 55.6 Å². The van der Waals surface area contributed by atoms with Gasteiger partial charge in [-0.15, -0.1) is 0 Å². The summed E-state index contributed by atoms with van der Waals surface area (Å²) in [6.07, 6.45) is -3.54. The van der Waals surface area contributed by atoms with Gasteiger partial charge in [0.25, 0.3) is 0 Å². The number of rotatable bonds is 5. The minimum atomic E-state index is -4.37. The van der Waals surface area contributed by atoms with Gasteiger partial charge in [0.1, 0.15) is 0 Å². The van der Waals surface area contributed by atoms with Gasteiger partial charge in [-0.3, -0.25) is 0 Å². The van der Waals surface area contributed by atoms with Crippen LogP contribution < -0.4 is 5.32 Å². The van der Waals surface area contributed by atoms with Gasteiger partial charge in [0, 0.05) is 13.1 Å². The van der Waals surface area contributed by atoms with E-state index in [0.717, 1.165) is 12.5 Å². The van der Waals surface area contributed by atoms with Crippen LogP contribution in [0.1, 0.15) is 24.5 Å². The lowest BCUT2D eigenvalue weighted by molar-refractivity contribution is -0.138. The Balaban J connectivity index is 2.13. The lowest BCUT2D eigenvalue weighted by Crippen LogP contribution is -2.13. The van der Waals surface area contributed by atoms with Crippen LogP contribution in [0.15, 0.2) is 24.3 Å². The maximum Gasteiger partial charge on any atom is 0.416 e. The highest BCUT2D eigenvalue weighted by molar-refractivity contribution is 5.33. The van der Waals surface area contributed by atoms with Gasteiger partial charge < -0.3 is 5.32 Å². The standard InChI is InChI=1S/C12H14F3N5/c1-2-7-20-11(17-18-19-20)16-8-9-5-3-4-6-10(9)12(13,14)15/h3-6H,2,7-8H2,1H3,(H,16,17,19). The number of nitrogens with zero attached hydrogens (tertiary/aromatic N) is 4. The van der Waals surface area contributed by atoms with Crippen LogP contribution in [0.5, 0.6) is 0 Å². The first-order valence-electron chi connectivity index (χ1n) is 6.17. The molecule has 0 spiro atoms. The van der Waals surface area contributed by atoms with Crippen LogP contribution in [0.3, 0.4) is 0 Å². The van der Waals surface area contributed by atoms with Gasteiger partial charge >= 0.3 is 6.18 Å². The van der Waals surface area contributed by atoms with Crippen LogP contribution >= 0.6 is 0 Å². The van der Waals surface area contributed by atoms with Crippen LogP contribution in [-0.2, 0) is 19.3 Å². The van der Waals surface area contributed by atoms with Crippen LogP contribution in [0.25, 0.3) is 0 Å². The number of anilines is 1. The molecule has 0 radical (unpaired) electrons. The highest BCUT2D eigenvalue weighted by Crippen LogP contribution is 2.32. The second-order valence-electron chi connectivity index (χ2n) is 4.23. The molecule has 0 amide bonds. The largest absolute Gasteiger partial charge is 0.416 e. The summed E-state index contributed by atoms with van der Waals surface area (Å²) < 4.78 is 40.0. The van der Waals surface area contributed by atoms with E-state index in [9.17, 15) is 13.2 Å². The van der Waals surface area contributed by atoms with E-state index in [1.807, 2.05) is 6.92 Å². The Kier molecular flexibility index (Phi) is 4.21. The summed E-state index contributed by atoms with van der Waals surface area (Å²) in [5.74, 6) is 0.365. The molecule has 1 heterocycles. The fourth-order valence-electron chi connectivity index (χ4n) is 1.82. The number of hydrogen-bond donors (Lipinski definition) is 1. The summed E-state index contributed by atoms with van der Waals surface area (Å²) in [4.78, 5) is 0. The van der Waals surface area contributed by atoms with Gasteiger partial charge in [-0.25, -0.2) is 4.68 Å². The molecule has 108 valence electrons. The summed E-state index contributed by atoms with van der Waals surface area (Å²) in [6.45, 7) is 2.58. The maximum absolute atomic E-state index is 12.8. The number of aryl methyl sites for hydroxylation is 1. The van der Waals surface area contributed by atoms with Crippen molar-refractivity contribution in [3.05, 3.63) is 35.4 Å².